The zero-order chi connectivity index (χ0) is 26.4. The maximum absolute atomic E-state index is 11.3. The van der Waals surface area contributed by atoms with Gasteiger partial charge < -0.3 is 20.1 Å². The van der Waals surface area contributed by atoms with E-state index in [0.29, 0.717) is 37.3 Å². The molecule has 4 rings (SSSR count). The van der Waals surface area contributed by atoms with E-state index in [0.717, 1.165) is 42.4 Å². The number of benzene rings is 1. The van der Waals surface area contributed by atoms with E-state index >= 15 is 0 Å². The van der Waals surface area contributed by atoms with Crippen LogP contribution >= 0.6 is 0 Å². The minimum atomic E-state index is -1.09. The van der Waals surface area contributed by atoms with Crippen molar-refractivity contribution in [3.05, 3.63) is 35.7 Å². The molecule has 0 spiro atoms. The Morgan fingerprint density at radius 1 is 1.27 bits per heavy atom. The second kappa shape index (κ2) is 12.2. The highest BCUT2D eigenvalue weighted by atomic mass is 16.6. The van der Waals surface area contributed by atoms with Crippen molar-refractivity contribution in [2.45, 2.75) is 39.5 Å². The summed E-state index contributed by atoms with van der Waals surface area (Å²) in [6.45, 7) is 12.7. The minimum absolute atomic E-state index is 0.0701. The Bertz CT molecular complexity index is 1120. The standard InChI is InChI=1S/C27H37N7O3/c1-18-7-9-20(10-8-18)16-34(17-33-11-13-36-14-12-33)23-22(21-6-4-5-19(2)15-21)31-26(32-25(23)30-3)24(28)37-27(29)35/h4-6,15,18,20,28H,3,7-14,16-17H2,1-2H3,(H2,29,35)/t18-,20-. The molecule has 2 aromatic rings. The summed E-state index contributed by atoms with van der Waals surface area (Å²) in [6, 6.07) is 8.00. The normalized spacial score (nSPS) is 20.3. The van der Waals surface area contributed by atoms with Gasteiger partial charge in [0.2, 0.25) is 5.82 Å². The average molecular weight is 508 g/mol. The number of ether oxygens (including phenoxy) is 2. The minimum Gasteiger partial charge on any atom is -0.388 e. The quantitative estimate of drug-likeness (QED) is 0.406. The summed E-state index contributed by atoms with van der Waals surface area (Å²) in [5, 5.41) is 8.19. The van der Waals surface area contributed by atoms with Gasteiger partial charge in [0, 0.05) is 25.2 Å². The largest absolute Gasteiger partial charge is 0.411 e. The predicted octanol–water partition coefficient (Wildman–Crippen LogP) is 4.13. The highest BCUT2D eigenvalue weighted by molar-refractivity contribution is 5.97. The molecule has 0 bridgehead atoms. The number of anilines is 1. The van der Waals surface area contributed by atoms with Gasteiger partial charge in [-0.1, -0.05) is 43.5 Å². The number of aliphatic imine (C=N–C) groups is 1. The molecule has 2 fully saturated rings. The van der Waals surface area contributed by atoms with Crippen molar-refractivity contribution in [1.29, 1.82) is 5.41 Å². The van der Waals surface area contributed by atoms with Crippen LogP contribution in [0.3, 0.4) is 0 Å². The molecule has 1 saturated carbocycles. The van der Waals surface area contributed by atoms with Crippen molar-refractivity contribution in [1.82, 2.24) is 14.9 Å². The van der Waals surface area contributed by atoms with Gasteiger partial charge in [0.05, 0.1) is 19.9 Å². The first-order valence-corrected chi connectivity index (χ1v) is 12.9. The summed E-state index contributed by atoms with van der Waals surface area (Å²) in [4.78, 5) is 29.5. The number of nitrogens with two attached hydrogens (primary N) is 1. The number of aromatic nitrogens is 2. The van der Waals surface area contributed by atoms with E-state index in [1.165, 1.54) is 25.7 Å². The Balaban J connectivity index is 1.81. The van der Waals surface area contributed by atoms with Gasteiger partial charge >= 0.3 is 6.09 Å². The lowest BCUT2D eigenvalue weighted by Gasteiger charge is -2.38. The Morgan fingerprint density at radius 2 is 2.00 bits per heavy atom. The van der Waals surface area contributed by atoms with Crippen LogP contribution in [-0.2, 0) is 9.47 Å². The van der Waals surface area contributed by atoms with E-state index in [9.17, 15) is 4.79 Å². The van der Waals surface area contributed by atoms with Crippen molar-refractivity contribution in [3.8, 4) is 11.3 Å². The van der Waals surface area contributed by atoms with Crippen LogP contribution in [0.1, 0.15) is 44.0 Å². The first kappa shape index (κ1) is 26.7. The van der Waals surface area contributed by atoms with Crippen LogP contribution in [0.15, 0.2) is 29.3 Å². The third-order valence-corrected chi connectivity index (χ3v) is 7.12. The second-order valence-corrected chi connectivity index (χ2v) is 10.1. The third kappa shape index (κ3) is 6.90. The molecular formula is C27H37N7O3. The first-order valence-electron chi connectivity index (χ1n) is 12.9. The molecule has 0 unspecified atom stereocenters. The summed E-state index contributed by atoms with van der Waals surface area (Å²) in [5.74, 6) is 1.04. The molecule has 10 nitrogen and oxygen atoms in total. The van der Waals surface area contributed by atoms with E-state index in [2.05, 4.69) is 33.4 Å². The van der Waals surface area contributed by atoms with Gasteiger partial charge in [-0.15, -0.1) is 0 Å². The summed E-state index contributed by atoms with van der Waals surface area (Å²) < 4.78 is 10.4. The number of aryl methyl sites for hydroxylation is 1. The van der Waals surface area contributed by atoms with Crippen molar-refractivity contribution in [3.63, 3.8) is 0 Å². The molecule has 1 aliphatic heterocycles. The highest BCUT2D eigenvalue weighted by Crippen LogP contribution is 2.39. The van der Waals surface area contributed by atoms with E-state index in [1.807, 2.05) is 31.2 Å². The molecular weight excluding hydrogens is 470 g/mol. The smallest absolute Gasteiger partial charge is 0.388 e. The number of primary amides is 1. The molecule has 0 radical (unpaired) electrons. The summed E-state index contributed by atoms with van der Waals surface area (Å²) in [6.07, 6.45) is 3.71. The molecule has 1 aliphatic carbocycles. The summed E-state index contributed by atoms with van der Waals surface area (Å²) in [5.41, 5.74) is 8.46. The number of hydrogen-bond acceptors (Lipinski definition) is 9. The van der Waals surface area contributed by atoms with Gasteiger partial charge in [0.1, 0.15) is 11.4 Å². The fraction of sp³-hybridized carbons (Fsp3) is 0.519. The molecule has 1 aromatic carbocycles. The molecule has 10 heteroatoms. The van der Waals surface area contributed by atoms with Crippen LogP contribution in [0.5, 0.6) is 0 Å². The van der Waals surface area contributed by atoms with Crippen molar-refractivity contribution >= 4 is 30.2 Å². The molecule has 2 aliphatic rings. The highest BCUT2D eigenvalue weighted by Gasteiger charge is 2.28. The maximum atomic E-state index is 11.3. The second-order valence-electron chi connectivity index (χ2n) is 10.1. The number of nitrogens with zero attached hydrogens (tertiary/aromatic N) is 5. The van der Waals surface area contributed by atoms with Crippen LogP contribution in [0.25, 0.3) is 11.3 Å². The lowest BCUT2D eigenvalue weighted by molar-refractivity contribution is 0.0374. The van der Waals surface area contributed by atoms with E-state index in [1.54, 1.807) is 0 Å². The number of amides is 1. The van der Waals surface area contributed by atoms with E-state index in [4.69, 9.17) is 25.6 Å². The average Bonchev–Trinajstić information content (AvgIpc) is 2.89. The molecule has 37 heavy (non-hydrogen) atoms. The Kier molecular flexibility index (Phi) is 8.83. The van der Waals surface area contributed by atoms with Crippen LogP contribution in [-0.4, -0.2) is 73.1 Å². The molecule has 1 amide bonds. The number of carbonyl (C=O) groups is 1. The number of rotatable bonds is 8. The Labute approximate surface area is 218 Å². The van der Waals surface area contributed by atoms with Crippen LogP contribution in [0, 0.1) is 24.2 Å². The monoisotopic (exact) mass is 507 g/mol. The van der Waals surface area contributed by atoms with Gasteiger partial charge in [-0.2, -0.15) is 0 Å². The van der Waals surface area contributed by atoms with Gasteiger partial charge in [-0.25, -0.2) is 19.8 Å². The molecule has 2 heterocycles. The van der Waals surface area contributed by atoms with Gasteiger partial charge in [0.15, 0.2) is 5.82 Å². The van der Waals surface area contributed by atoms with Crippen LogP contribution < -0.4 is 10.6 Å². The van der Waals surface area contributed by atoms with E-state index < -0.39 is 12.0 Å². The molecule has 0 atom stereocenters. The molecule has 1 saturated heterocycles. The molecule has 3 N–H and O–H groups in total. The zero-order valence-electron chi connectivity index (χ0n) is 21.8. The fourth-order valence-electron chi connectivity index (χ4n) is 5.11. The number of morpholine rings is 1. The van der Waals surface area contributed by atoms with Gasteiger partial charge in [0.25, 0.3) is 5.90 Å². The van der Waals surface area contributed by atoms with Crippen LogP contribution in [0.4, 0.5) is 16.3 Å². The first-order chi connectivity index (χ1) is 17.8. The fourth-order valence-corrected chi connectivity index (χ4v) is 5.11. The van der Waals surface area contributed by atoms with Crippen molar-refractivity contribution < 1.29 is 14.3 Å². The number of nitrogens with one attached hydrogen (secondary N) is 1. The lowest BCUT2D eigenvalue weighted by Crippen LogP contribution is -2.46. The van der Waals surface area contributed by atoms with Crippen LogP contribution in [0.2, 0.25) is 0 Å². The predicted molar refractivity (Wildman–Crippen MR) is 145 cm³/mol. The molecule has 198 valence electrons. The Hall–Kier alpha value is -3.37. The lowest BCUT2D eigenvalue weighted by atomic mass is 9.83. The van der Waals surface area contributed by atoms with E-state index in [-0.39, 0.29) is 5.82 Å². The molecule has 1 aromatic heterocycles. The van der Waals surface area contributed by atoms with Crippen molar-refractivity contribution in [2.75, 3.05) is 44.4 Å². The van der Waals surface area contributed by atoms with Gasteiger partial charge in [-0.3, -0.25) is 10.3 Å². The topological polar surface area (TPSA) is 130 Å². The zero-order valence-corrected chi connectivity index (χ0v) is 21.8. The summed E-state index contributed by atoms with van der Waals surface area (Å²) >= 11 is 0. The number of hydrogen-bond donors (Lipinski definition) is 2. The van der Waals surface area contributed by atoms with Crippen molar-refractivity contribution in [2.24, 2.45) is 22.6 Å². The summed E-state index contributed by atoms with van der Waals surface area (Å²) in [7, 11) is 0. The number of carbonyl (C=O) groups excluding carboxylic acids is 1. The Morgan fingerprint density at radius 3 is 2.65 bits per heavy atom. The third-order valence-electron chi connectivity index (χ3n) is 7.12. The maximum Gasteiger partial charge on any atom is 0.411 e. The van der Waals surface area contributed by atoms with Gasteiger partial charge in [-0.05, 0) is 44.4 Å². The SMILES string of the molecule is C=Nc1nc(C(=N)OC(N)=O)nc(-c2cccc(C)c2)c1N(CN1CCOCC1)C[C@H]1CC[C@H](C)CC1.